The number of hydrogen-bond donors (Lipinski definition) is 2. The number of hydrogen-bond acceptors (Lipinski definition) is 2. The number of aromatic amines is 1. The number of nitrogens with one attached hydrogen (secondary N) is 1. The van der Waals surface area contributed by atoms with Crippen LogP contribution in [0.15, 0.2) is 36.7 Å². The van der Waals surface area contributed by atoms with Gasteiger partial charge in [0, 0.05) is 18.8 Å². The number of nitrogens with zero attached hydrogens (tertiary/aromatic N) is 1. The number of benzene rings is 1. The van der Waals surface area contributed by atoms with Crippen LogP contribution in [0.5, 0.6) is 0 Å². The quantitative estimate of drug-likeness (QED) is 0.872. The van der Waals surface area contributed by atoms with Crippen molar-refractivity contribution in [2.75, 3.05) is 0 Å². The topological polar surface area (TPSA) is 48.9 Å². The predicted molar refractivity (Wildman–Crippen MR) is 72.4 cm³/mol. The van der Waals surface area contributed by atoms with Crippen LogP contribution in [0.4, 0.5) is 0 Å². The van der Waals surface area contributed by atoms with Crippen LogP contribution in [-0.2, 0) is 11.8 Å². The Bertz CT molecular complexity index is 480. The van der Waals surface area contributed by atoms with Gasteiger partial charge in [0.2, 0.25) is 0 Å². The van der Waals surface area contributed by atoms with E-state index in [4.69, 9.17) is 0 Å². The summed E-state index contributed by atoms with van der Waals surface area (Å²) in [7, 11) is 0. The molecule has 0 radical (unpaired) electrons. The van der Waals surface area contributed by atoms with Gasteiger partial charge in [0.15, 0.2) is 0 Å². The first-order valence-corrected chi connectivity index (χ1v) is 6.23. The van der Waals surface area contributed by atoms with E-state index in [9.17, 15) is 5.11 Å². The van der Waals surface area contributed by atoms with E-state index in [-0.39, 0.29) is 5.41 Å². The minimum absolute atomic E-state index is 0.143. The smallest absolute Gasteiger partial charge is 0.108 e. The van der Waals surface area contributed by atoms with Crippen LogP contribution in [0, 0.1) is 0 Å². The molecular weight excluding hydrogens is 224 g/mol. The molecular formula is C15H20N2O. The van der Waals surface area contributed by atoms with Crippen molar-refractivity contribution in [1.29, 1.82) is 0 Å². The van der Waals surface area contributed by atoms with Crippen molar-refractivity contribution in [3.8, 4) is 0 Å². The second kappa shape index (κ2) is 4.94. The maximum absolute atomic E-state index is 10.1. The van der Waals surface area contributed by atoms with E-state index in [1.165, 1.54) is 5.56 Å². The zero-order valence-corrected chi connectivity index (χ0v) is 11.1. The number of aliphatic hydroxyl groups is 1. The molecule has 3 nitrogen and oxygen atoms in total. The molecule has 0 aliphatic carbocycles. The molecule has 0 aliphatic heterocycles. The van der Waals surface area contributed by atoms with Gasteiger partial charge >= 0.3 is 0 Å². The van der Waals surface area contributed by atoms with Crippen molar-refractivity contribution in [2.45, 2.75) is 38.7 Å². The van der Waals surface area contributed by atoms with E-state index in [2.05, 4.69) is 42.9 Å². The standard InChI is InChI=1S/C15H20N2O/c1-15(2,3)12-6-4-11(5-7-12)13(18)10-14-16-8-9-17-14/h4-9,13,18H,10H2,1-3H3,(H,16,17). The van der Waals surface area contributed by atoms with Gasteiger partial charge in [-0.05, 0) is 16.5 Å². The molecule has 0 fully saturated rings. The highest BCUT2D eigenvalue weighted by atomic mass is 16.3. The Kier molecular flexibility index (Phi) is 3.53. The van der Waals surface area contributed by atoms with Gasteiger partial charge in [0.1, 0.15) is 5.82 Å². The lowest BCUT2D eigenvalue weighted by molar-refractivity contribution is 0.176. The Labute approximate surface area is 108 Å². The van der Waals surface area contributed by atoms with Crippen molar-refractivity contribution in [1.82, 2.24) is 9.97 Å². The molecule has 1 unspecified atom stereocenters. The van der Waals surface area contributed by atoms with Crippen molar-refractivity contribution in [2.24, 2.45) is 0 Å². The average Bonchev–Trinajstić information content (AvgIpc) is 2.81. The summed E-state index contributed by atoms with van der Waals surface area (Å²) in [5, 5.41) is 10.1. The Morgan fingerprint density at radius 2 is 1.89 bits per heavy atom. The summed E-state index contributed by atoms with van der Waals surface area (Å²) in [5.74, 6) is 0.808. The van der Waals surface area contributed by atoms with Gasteiger partial charge in [-0.1, -0.05) is 45.0 Å². The highest BCUT2D eigenvalue weighted by molar-refractivity contribution is 5.28. The average molecular weight is 244 g/mol. The molecule has 0 aliphatic rings. The minimum atomic E-state index is -0.509. The monoisotopic (exact) mass is 244 g/mol. The zero-order valence-electron chi connectivity index (χ0n) is 11.1. The second-order valence-electron chi connectivity index (χ2n) is 5.63. The summed E-state index contributed by atoms with van der Waals surface area (Å²) in [4.78, 5) is 7.13. The number of H-pyrrole nitrogens is 1. The number of aromatic nitrogens is 2. The highest BCUT2D eigenvalue weighted by Gasteiger charge is 2.15. The van der Waals surface area contributed by atoms with Crippen LogP contribution in [0.25, 0.3) is 0 Å². The van der Waals surface area contributed by atoms with Gasteiger partial charge in [-0.3, -0.25) is 0 Å². The molecule has 1 aromatic heterocycles. The van der Waals surface area contributed by atoms with E-state index >= 15 is 0 Å². The Morgan fingerprint density at radius 1 is 1.22 bits per heavy atom. The molecule has 1 heterocycles. The van der Waals surface area contributed by atoms with E-state index in [1.807, 2.05) is 12.1 Å². The molecule has 1 aromatic carbocycles. The summed E-state index contributed by atoms with van der Waals surface area (Å²) < 4.78 is 0. The summed E-state index contributed by atoms with van der Waals surface area (Å²) >= 11 is 0. The Balaban J connectivity index is 2.10. The van der Waals surface area contributed by atoms with Gasteiger partial charge < -0.3 is 10.1 Å². The third-order valence-corrected chi connectivity index (χ3v) is 3.10. The first kappa shape index (κ1) is 12.8. The fourth-order valence-electron chi connectivity index (χ4n) is 1.92. The normalized spacial score (nSPS) is 13.6. The molecule has 0 saturated carbocycles. The zero-order chi connectivity index (χ0) is 13.2. The molecule has 1 atom stereocenters. The molecule has 2 N–H and O–H groups in total. The third kappa shape index (κ3) is 2.99. The fraction of sp³-hybridized carbons (Fsp3) is 0.400. The lowest BCUT2D eigenvalue weighted by Crippen LogP contribution is -2.11. The largest absolute Gasteiger partial charge is 0.388 e. The maximum atomic E-state index is 10.1. The van der Waals surface area contributed by atoms with Gasteiger partial charge in [-0.15, -0.1) is 0 Å². The molecule has 0 bridgehead atoms. The van der Waals surface area contributed by atoms with Crippen LogP contribution >= 0.6 is 0 Å². The maximum Gasteiger partial charge on any atom is 0.108 e. The van der Waals surface area contributed by atoms with Crippen LogP contribution < -0.4 is 0 Å². The van der Waals surface area contributed by atoms with Crippen LogP contribution in [0.2, 0.25) is 0 Å². The number of imidazole rings is 1. The molecule has 18 heavy (non-hydrogen) atoms. The minimum Gasteiger partial charge on any atom is -0.388 e. The summed E-state index contributed by atoms with van der Waals surface area (Å²) in [6, 6.07) is 8.16. The fourth-order valence-corrected chi connectivity index (χ4v) is 1.92. The van der Waals surface area contributed by atoms with Crippen LogP contribution in [0.3, 0.4) is 0 Å². The summed E-state index contributed by atoms with van der Waals surface area (Å²) in [6.45, 7) is 6.55. The van der Waals surface area contributed by atoms with Crippen molar-refractivity contribution in [3.05, 3.63) is 53.6 Å². The third-order valence-electron chi connectivity index (χ3n) is 3.10. The lowest BCUT2D eigenvalue weighted by Gasteiger charge is -2.20. The van der Waals surface area contributed by atoms with Crippen LogP contribution in [0.1, 0.15) is 43.8 Å². The molecule has 2 rings (SSSR count). The molecule has 96 valence electrons. The molecule has 0 spiro atoms. The first-order chi connectivity index (χ1) is 8.47. The van der Waals surface area contributed by atoms with E-state index in [1.54, 1.807) is 12.4 Å². The Hall–Kier alpha value is -1.61. The van der Waals surface area contributed by atoms with E-state index in [0.29, 0.717) is 6.42 Å². The van der Waals surface area contributed by atoms with Crippen molar-refractivity contribution in [3.63, 3.8) is 0 Å². The van der Waals surface area contributed by atoms with Gasteiger partial charge in [0.05, 0.1) is 6.10 Å². The predicted octanol–water partition coefficient (Wildman–Crippen LogP) is 2.98. The van der Waals surface area contributed by atoms with Crippen molar-refractivity contribution >= 4 is 0 Å². The van der Waals surface area contributed by atoms with Gasteiger partial charge in [-0.2, -0.15) is 0 Å². The van der Waals surface area contributed by atoms with Gasteiger partial charge in [-0.25, -0.2) is 4.98 Å². The highest BCUT2D eigenvalue weighted by Crippen LogP contribution is 2.24. The summed E-state index contributed by atoms with van der Waals surface area (Å²) in [6.07, 6.45) is 3.47. The summed E-state index contributed by atoms with van der Waals surface area (Å²) in [5.41, 5.74) is 2.35. The SMILES string of the molecule is CC(C)(C)c1ccc(C(O)Cc2ncc[nH]2)cc1. The molecule has 3 heteroatoms. The van der Waals surface area contributed by atoms with Gasteiger partial charge in [0.25, 0.3) is 0 Å². The number of aliphatic hydroxyl groups excluding tert-OH is 1. The molecule has 0 amide bonds. The molecule has 0 saturated heterocycles. The lowest BCUT2D eigenvalue weighted by atomic mass is 9.86. The second-order valence-corrected chi connectivity index (χ2v) is 5.63. The van der Waals surface area contributed by atoms with E-state index in [0.717, 1.165) is 11.4 Å². The molecule has 2 aromatic rings. The number of rotatable bonds is 3. The van der Waals surface area contributed by atoms with Crippen LogP contribution in [-0.4, -0.2) is 15.1 Å². The van der Waals surface area contributed by atoms with E-state index < -0.39 is 6.10 Å². The first-order valence-electron chi connectivity index (χ1n) is 6.23. The van der Waals surface area contributed by atoms with Crippen molar-refractivity contribution < 1.29 is 5.11 Å². The Morgan fingerprint density at radius 3 is 2.39 bits per heavy atom.